The fourth-order valence-electron chi connectivity index (χ4n) is 2.97. The molecule has 160 valence electrons. The number of nitrogens with zero attached hydrogens (tertiary/aromatic N) is 4. The molecule has 3 rings (SSSR count). The summed E-state index contributed by atoms with van der Waals surface area (Å²) >= 11 is 1.30. The van der Waals surface area contributed by atoms with Crippen LogP contribution in [-0.2, 0) is 17.8 Å². The summed E-state index contributed by atoms with van der Waals surface area (Å²) in [6.45, 7) is 8.42. The second-order valence-electron chi connectivity index (χ2n) is 6.85. The predicted octanol–water partition coefficient (Wildman–Crippen LogP) is 3.95. The number of phenols is 1. The van der Waals surface area contributed by atoms with Gasteiger partial charge in [0.2, 0.25) is 0 Å². The third-order valence-corrected chi connectivity index (χ3v) is 5.55. The first kappa shape index (κ1) is 22.3. The third-order valence-electron chi connectivity index (χ3n) is 4.58. The number of carbonyl (C=O) groups is 1. The van der Waals surface area contributed by atoms with E-state index in [1.54, 1.807) is 12.1 Å². The van der Waals surface area contributed by atoms with Crippen LogP contribution in [0.2, 0.25) is 0 Å². The number of nitrogens with one attached hydrogen (secondary N) is 1. The summed E-state index contributed by atoms with van der Waals surface area (Å²) in [5.41, 5.74) is 5.93. The first-order valence-corrected chi connectivity index (χ1v) is 10.9. The zero-order valence-electron chi connectivity index (χ0n) is 17.6. The SMILES string of the molecule is C=CCc1cccc(C=NNC(=O)CSc2nnc(-c3ccc(C)cc3)n2CC)c1O. The molecule has 2 N–H and O–H groups in total. The summed E-state index contributed by atoms with van der Waals surface area (Å²) in [6.07, 6.45) is 3.70. The van der Waals surface area contributed by atoms with Gasteiger partial charge in [0.15, 0.2) is 11.0 Å². The Labute approximate surface area is 185 Å². The number of hydrogen-bond acceptors (Lipinski definition) is 6. The number of hydrazone groups is 1. The normalized spacial score (nSPS) is 11.0. The van der Waals surface area contributed by atoms with Crippen LogP contribution in [0.3, 0.4) is 0 Å². The van der Waals surface area contributed by atoms with Crippen LogP contribution < -0.4 is 5.43 Å². The molecule has 0 saturated heterocycles. The number of phenolic OH excluding ortho intramolecular Hbond substituents is 1. The average Bonchev–Trinajstić information content (AvgIpc) is 3.18. The smallest absolute Gasteiger partial charge is 0.250 e. The van der Waals surface area contributed by atoms with E-state index in [-0.39, 0.29) is 17.4 Å². The predicted molar refractivity (Wildman–Crippen MR) is 124 cm³/mol. The maximum absolute atomic E-state index is 12.2. The van der Waals surface area contributed by atoms with Crippen LogP contribution in [0.1, 0.15) is 23.6 Å². The molecule has 7 nitrogen and oxygen atoms in total. The topological polar surface area (TPSA) is 92.4 Å². The van der Waals surface area contributed by atoms with Gasteiger partial charge in [-0.3, -0.25) is 4.79 Å². The van der Waals surface area contributed by atoms with Gasteiger partial charge in [0.25, 0.3) is 5.91 Å². The quantitative estimate of drug-likeness (QED) is 0.230. The highest BCUT2D eigenvalue weighted by atomic mass is 32.2. The summed E-state index contributed by atoms with van der Waals surface area (Å²) in [7, 11) is 0. The van der Waals surface area contributed by atoms with Crippen molar-refractivity contribution >= 4 is 23.9 Å². The number of allylic oxidation sites excluding steroid dienone is 1. The molecular formula is C23H25N5O2S. The molecule has 1 aromatic heterocycles. The van der Waals surface area contributed by atoms with Gasteiger partial charge >= 0.3 is 0 Å². The third kappa shape index (κ3) is 5.61. The lowest BCUT2D eigenvalue weighted by Crippen LogP contribution is -2.20. The van der Waals surface area contributed by atoms with E-state index >= 15 is 0 Å². The number of benzene rings is 2. The van der Waals surface area contributed by atoms with Crippen molar-refractivity contribution in [3.63, 3.8) is 0 Å². The molecule has 8 heteroatoms. The number of amides is 1. The Bertz CT molecular complexity index is 1090. The molecule has 1 amide bonds. The van der Waals surface area contributed by atoms with Gasteiger partial charge in [0, 0.05) is 17.7 Å². The Kier molecular flexibility index (Phi) is 7.61. The number of hydrogen-bond donors (Lipinski definition) is 2. The molecule has 0 radical (unpaired) electrons. The number of aromatic hydroxyl groups is 1. The molecule has 31 heavy (non-hydrogen) atoms. The van der Waals surface area contributed by atoms with Crippen molar-refractivity contribution in [3.8, 4) is 17.1 Å². The zero-order chi connectivity index (χ0) is 22.2. The van der Waals surface area contributed by atoms with Crippen molar-refractivity contribution in [2.24, 2.45) is 5.10 Å². The summed E-state index contributed by atoms with van der Waals surface area (Å²) in [6, 6.07) is 13.5. The van der Waals surface area contributed by atoms with Gasteiger partial charge in [-0.2, -0.15) is 5.10 Å². The van der Waals surface area contributed by atoms with Crippen molar-refractivity contribution in [2.75, 3.05) is 5.75 Å². The number of carbonyl (C=O) groups excluding carboxylic acids is 1. The van der Waals surface area contributed by atoms with E-state index in [2.05, 4.69) is 27.3 Å². The van der Waals surface area contributed by atoms with Crippen LogP contribution in [0.25, 0.3) is 11.4 Å². The number of aryl methyl sites for hydroxylation is 1. The Balaban J connectivity index is 1.60. The highest BCUT2D eigenvalue weighted by Crippen LogP contribution is 2.24. The lowest BCUT2D eigenvalue weighted by Gasteiger charge is -2.07. The van der Waals surface area contributed by atoms with Crippen LogP contribution in [0.5, 0.6) is 5.75 Å². The minimum absolute atomic E-state index is 0.134. The van der Waals surface area contributed by atoms with E-state index < -0.39 is 0 Å². The van der Waals surface area contributed by atoms with E-state index in [1.807, 2.05) is 54.8 Å². The molecule has 0 aliphatic carbocycles. The zero-order valence-corrected chi connectivity index (χ0v) is 18.4. The van der Waals surface area contributed by atoms with Crippen molar-refractivity contribution in [1.82, 2.24) is 20.2 Å². The van der Waals surface area contributed by atoms with Gasteiger partial charge < -0.3 is 9.67 Å². The van der Waals surface area contributed by atoms with E-state index in [0.29, 0.717) is 23.7 Å². The molecule has 0 atom stereocenters. The maximum atomic E-state index is 12.2. The molecule has 0 spiro atoms. The van der Waals surface area contributed by atoms with Gasteiger partial charge in [0.1, 0.15) is 5.75 Å². The number of para-hydroxylation sites is 1. The average molecular weight is 436 g/mol. The highest BCUT2D eigenvalue weighted by Gasteiger charge is 2.14. The summed E-state index contributed by atoms with van der Waals surface area (Å²) in [5, 5.41) is 23.4. The first-order valence-electron chi connectivity index (χ1n) is 9.90. The van der Waals surface area contributed by atoms with E-state index in [4.69, 9.17) is 0 Å². The van der Waals surface area contributed by atoms with E-state index in [1.165, 1.54) is 23.5 Å². The minimum atomic E-state index is -0.273. The molecule has 0 bridgehead atoms. The molecule has 0 saturated carbocycles. The Morgan fingerprint density at radius 3 is 2.74 bits per heavy atom. The fraction of sp³-hybridized carbons (Fsp3) is 0.217. The first-order chi connectivity index (χ1) is 15.0. The molecule has 0 aliphatic rings. The van der Waals surface area contributed by atoms with Gasteiger partial charge in [-0.05, 0) is 31.9 Å². The number of rotatable bonds is 9. The highest BCUT2D eigenvalue weighted by molar-refractivity contribution is 7.99. The van der Waals surface area contributed by atoms with Crippen LogP contribution in [0, 0.1) is 6.92 Å². The van der Waals surface area contributed by atoms with Crippen LogP contribution >= 0.6 is 11.8 Å². The van der Waals surface area contributed by atoms with Crippen molar-refractivity contribution in [1.29, 1.82) is 0 Å². The van der Waals surface area contributed by atoms with Crippen molar-refractivity contribution < 1.29 is 9.90 Å². The van der Waals surface area contributed by atoms with Gasteiger partial charge in [-0.15, -0.1) is 16.8 Å². The Morgan fingerprint density at radius 2 is 2.03 bits per heavy atom. The Hall–Kier alpha value is -3.39. The second kappa shape index (κ2) is 10.6. The molecule has 0 unspecified atom stereocenters. The van der Waals surface area contributed by atoms with Crippen molar-refractivity contribution in [2.45, 2.75) is 32.0 Å². The van der Waals surface area contributed by atoms with E-state index in [0.717, 1.165) is 17.0 Å². The largest absolute Gasteiger partial charge is 0.507 e. The molecule has 0 fully saturated rings. The summed E-state index contributed by atoms with van der Waals surface area (Å²) in [5.74, 6) is 0.782. The summed E-state index contributed by atoms with van der Waals surface area (Å²) in [4.78, 5) is 12.2. The molecule has 2 aromatic carbocycles. The molecule has 3 aromatic rings. The van der Waals surface area contributed by atoms with Gasteiger partial charge in [-0.25, -0.2) is 5.43 Å². The molecule has 1 heterocycles. The number of thioether (sulfide) groups is 1. The molecular weight excluding hydrogens is 410 g/mol. The molecule has 0 aliphatic heterocycles. The van der Waals surface area contributed by atoms with Crippen molar-refractivity contribution in [3.05, 3.63) is 71.8 Å². The van der Waals surface area contributed by atoms with E-state index in [9.17, 15) is 9.90 Å². The summed E-state index contributed by atoms with van der Waals surface area (Å²) < 4.78 is 1.98. The van der Waals surface area contributed by atoms with Gasteiger partial charge in [-0.1, -0.05) is 59.8 Å². The second-order valence-corrected chi connectivity index (χ2v) is 7.79. The Morgan fingerprint density at radius 1 is 1.26 bits per heavy atom. The standard InChI is InChI=1S/C23H25N5O2S/c1-4-7-17-8-6-9-19(21(17)30)14-24-25-20(29)15-31-23-27-26-22(28(23)5-2)18-12-10-16(3)11-13-18/h4,6,8-14,30H,1,5,7,15H2,2-3H3,(H,25,29). The number of aromatic nitrogens is 3. The lowest BCUT2D eigenvalue weighted by molar-refractivity contribution is -0.118. The lowest BCUT2D eigenvalue weighted by atomic mass is 10.1. The van der Waals surface area contributed by atoms with Gasteiger partial charge in [0.05, 0.1) is 12.0 Å². The van der Waals surface area contributed by atoms with Crippen LogP contribution in [-0.4, -0.2) is 37.7 Å². The maximum Gasteiger partial charge on any atom is 0.250 e. The minimum Gasteiger partial charge on any atom is -0.507 e. The monoisotopic (exact) mass is 435 g/mol. The van der Waals surface area contributed by atoms with Crippen LogP contribution in [0.15, 0.2) is 65.4 Å². The fourth-order valence-corrected chi connectivity index (χ4v) is 3.76. The van der Waals surface area contributed by atoms with Crippen LogP contribution in [0.4, 0.5) is 0 Å².